The molecule has 0 unspecified atom stereocenters. The first kappa shape index (κ1) is 21.4. The second-order valence-corrected chi connectivity index (χ2v) is 6.72. The summed E-state index contributed by atoms with van der Waals surface area (Å²) in [6.45, 7) is 5.12. The second kappa shape index (κ2) is 10.4. The van der Waals surface area contributed by atoms with Crippen LogP contribution in [0.3, 0.4) is 0 Å². The van der Waals surface area contributed by atoms with Crippen molar-refractivity contribution in [2.24, 2.45) is 0 Å². The molecular formula is C22H30N2O4. The van der Waals surface area contributed by atoms with E-state index in [2.05, 4.69) is 5.32 Å². The van der Waals surface area contributed by atoms with Crippen molar-refractivity contribution < 1.29 is 19.0 Å². The van der Waals surface area contributed by atoms with Crippen LogP contribution in [-0.2, 0) is 13.0 Å². The van der Waals surface area contributed by atoms with E-state index in [9.17, 15) is 4.79 Å². The molecule has 0 spiro atoms. The van der Waals surface area contributed by atoms with Crippen molar-refractivity contribution >= 4 is 6.03 Å². The Morgan fingerprint density at radius 1 is 0.964 bits per heavy atom. The number of ether oxygens (including phenoxy) is 3. The molecule has 1 N–H and O–H groups in total. The molecule has 0 aliphatic carbocycles. The Bertz CT molecular complexity index is 737. The summed E-state index contributed by atoms with van der Waals surface area (Å²) in [6, 6.07) is 13.8. The van der Waals surface area contributed by atoms with Gasteiger partial charge in [-0.1, -0.05) is 30.3 Å². The lowest BCUT2D eigenvalue weighted by molar-refractivity contribution is 0.180. The van der Waals surface area contributed by atoms with Gasteiger partial charge in [0.1, 0.15) is 0 Å². The lowest BCUT2D eigenvalue weighted by atomic mass is 10.1. The van der Waals surface area contributed by atoms with E-state index >= 15 is 0 Å². The molecule has 0 bridgehead atoms. The van der Waals surface area contributed by atoms with E-state index in [0.29, 0.717) is 36.8 Å². The molecule has 0 heterocycles. The molecule has 0 aliphatic rings. The van der Waals surface area contributed by atoms with Gasteiger partial charge in [-0.25, -0.2) is 4.79 Å². The Balaban J connectivity index is 2.00. The largest absolute Gasteiger partial charge is 0.493 e. The molecular weight excluding hydrogens is 356 g/mol. The number of benzene rings is 2. The number of carbonyl (C=O) groups excluding carboxylic acids is 1. The summed E-state index contributed by atoms with van der Waals surface area (Å²) >= 11 is 0. The van der Waals surface area contributed by atoms with Crippen LogP contribution in [0, 0.1) is 0 Å². The van der Waals surface area contributed by atoms with Crippen molar-refractivity contribution in [2.75, 3.05) is 27.9 Å². The van der Waals surface area contributed by atoms with Gasteiger partial charge in [-0.3, -0.25) is 0 Å². The fourth-order valence-electron chi connectivity index (χ4n) is 2.96. The molecule has 2 rings (SSSR count). The highest BCUT2D eigenvalue weighted by Crippen LogP contribution is 2.38. The van der Waals surface area contributed by atoms with Gasteiger partial charge in [-0.05, 0) is 43.5 Å². The van der Waals surface area contributed by atoms with Crippen LogP contribution < -0.4 is 19.5 Å². The zero-order valence-electron chi connectivity index (χ0n) is 17.3. The Labute approximate surface area is 167 Å². The van der Waals surface area contributed by atoms with Gasteiger partial charge in [0.15, 0.2) is 11.5 Å². The summed E-state index contributed by atoms with van der Waals surface area (Å²) in [5.74, 6) is 1.78. The normalized spacial score (nSPS) is 10.5. The van der Waals surface area contributed by atoms with E-state index < -0.39 is 0 Å². The monoisotopic (exact) mass is 386 g/mol. The molecule has 2 aromatic rings. The molecule has 152 valence electrons. The van der Waals surface area contributed by atoms with Gasteiger partial charge in [-0.2, -0.15) is 0 Å². The molecule has 0 aromatic heterocycles. The fraction of sp³-hybridized carbons (Fsp3) is 0.409. The van der Waals surface area contributed by atoms with Crippen LogP contribution in [0.1, 0.15) is 25.0 Å². The molecule has 0 saturated carbocycles. The number of amides is 2. The number of carbonyl (C=O) groups is 1. The highest BCUT2D eigenvalue weighted by molar-refractivity contribution is 5.74. The Kier molecular flexibility index (Phi) is 7.99. The van der Waals surface area contributed by atoms with Crippen LogP contribution in [-0.4, -0.2) is 44.8 Å². The molecule has 0 radical (unpaired) electrons. The smallest absolute Gasteiger partial charge is 0.317 e. The zero-order valence-corrected chi connectivity index (χ0v) is 17.3. The first-order valence-corrected chi connectivity index (χ1v) is 9.37. The van der Waals surface area contributed by atoms with Gasteiger partial charge in [0.25, 0.3) is 0 Å². The molecule has 28 heavy (non-hydrogen) atoms. The lowest BCUT2D eigenvalue weighted by Crippen LogP contribution is -2.44. The fourth-order valence-corrected chi connectivity index (χ4v) is 2.96. The number of urea groups is 1. The van der Waals surface area contributed by atoms with Crippen LogP contribution in [0.5, 0.6) is 17.2 Å². The summed E-state index contributed by atoms with van der Waals surface area (Å²) in [5.41, 5.74) is 2.10. The number of nitrogens with one attached hydrogen (secondary N) is 1. The Hall–Kier alpha value is -2.89. The molecule has 6 heteroatoms. The maximum Gasteiger partial charge on any atom is 0.317 e. The van der Waals surface area contributed by atoms with Gasteiger partial charge in [0, 0.05) is 19.1 Å². The van der Waals surface area contributed by atoms with E-state index in [-0.39, 0.29) is 12.1 Å². The van der Waals surface area contributed by atoms with Crippen molar-refractivity contribution in [1.29, 1.82) is 0 Å². The molecule has 0 aliphatic heterocycles. The van der Waals surface area contributed by atoms with E-state index in [1.165, 1.54) is 0 Å². The number of hydrogen-bond donors (Lipinski definition) is 1. The van der Waals surface area contributed by atoms with Gasteiger partial charge in [0.2, 0.25) is 5.75 Å². The van der Waals surface area contributed by atoms with Gasteiger partial charge in [-0.15, -0.1) is 0 Å². The number of hydrogen-bond acceptors (Lipinski definition) is 4. The van der Waals surface area contributed by atoms with Crippen molar-refractivity contribution in [3.63, 3.8) is 0 Å². The Morgan fingerprint density at radius 3 is 2.07 bits per heavy atom. The predicted molar refractivity (Wildman–Crippen MR) is 110 cm³/mol. The van der Waals surface area contributed by atoms with Crippen LogP contribution in [0.25, 0.3) is 0 Å². The highest BCUT2D eigenvalue weighted by Gasteiger charge is 2.17. The molecule has 2 aromatic carbocycles. The first-order valence-electron chi connectivity index (χ1n) is 9.37. The van der Waals surface area contributed by atoms with Crippen molar-refractivity contribution in [3.8, 4) is 17.2 Å². The summed E-state index contributed by atoms with van der Waals surface area (Å²) in [7, 11) is 4.76. The third-order valence-corrected chi connectivity index (χ3v) is 4.49. The number of methoxy groups -OCH3 is 3. The van der Waals surface area contributed by atoms with Crippen LogP contribution in [0.4, 0.5) is 4.79 Å². The number of nitrogens with zero attached hydrogens (tertiary/aromatic N) is 1. The maximum absolute atomic E-state index is 12.7. The topological polar surface area (TPSA) is 60.0 Å². The van der Waals surface area contributed by atoms with Gasteiger partial charge < -0.3 is 24.4 Å². The second-order valence-electron chi connectivity index (χ2n) is 6.72. The van der Waals surface area contributed by atoms with Crippen molar-refractivity contribution in [3.05, 3.63) is 53.6 Å². The average molecular weight is 386 g/mol. The van der Waals surface area contributed by atoms with E-state index in [1.54, 1.807) is 21.3 Å². The summed E-state index contributed by atoms with van der Waals surface area (Å²) in [5, 5.41) is 3.01. The molecule has 0 saturated heterocycles. The van der Waals surface area contributed by atoms with Crippen molar-refractivity contribution in [1.82, 2.24) is 10.2 Å². The van der Waals surface area contributed by atoms with E-state index in [1.807, 2.05) is 61.2 Å². The predicted octanol–water partition coefficient (Wildman–Crippen LogP) is 3.88. The van der Waals surface area contributed by atoms with Gasteiger partial charge in [0.05, 0.1) is 21.3 Å². The summed E-state index contributed by atoms with van der Waals surface area (Å²) in [6.07, 6.45) is 0.653. The van der Waals surface area contributed by atoms with Crippen molar-refractivity contribution in [2.45, 2.75) is 32.9 Å². The molecule has 2 amide bonds. The number of rotatable bonds is 9. The minimum Gasteiger partial charge on any atom is -0.493 e. The van der Waals surface area contributed by atoms with E-state index in [4.69, 9.17) is 14.2 Å². The quantitative estimate of drug-likeness (QED) is 0.711. The first-order chi connectivity index (χ1) is 13.5. The zero-order chi connectivity index (χ0) is 20.5. The van der Waals surface area contributed by atoms with Crippen LogP contribution in [0.2, 0.25) is 0 Å². The summed E-state index contributed by atoms with van der Waals surface area (Å²) in [4.78, 5) is 14.5. The van der Waals surface area contributed by atoms with E-state index in [0.717, 1.165) is 11.1 Å². The highest BCUT2D eigenvalue weighted by atomic mass is 16.5. The summed E-state index contributed by atoms with van der Waals surface area (Å²) < 4.78 is 16.1. The SMILES string of the molecule is COc1cc(CCNC(=O)N(Cc2ccccc2)C(C)C)cc(OC)c1OC. The lowest BCUT2D eigenvalue weighted by Gasteiger charge is -2.27. The van der Waals surface area contributed by atoms with Crippen LogP contribution >= 0.6 is 0 Å². The molecule has 0 fully saturated rings. The van der Waals surface area contributed by atoms with Crippen LogP contribution in [0.15, 0.2) is 42.5 Å². The van der Waals surface area contributed by atoms with Gasteiger partial charge >= 0.3 is 6.03 Å². The third-order valence-electron chi connectivity index (χ3n) is 4.49. The minimum absolute atomic E-state index is 0.0775. The molecule has 6 nitrogen and oxygen atoms in total. The standard InChI is InChI=1S/C22H30N2O4/c1-16(2)24(15-17-9-7-6-8-10-17)22(25)23-12-11-18-13-19(26-3)21(28-5)20(14-18)27-4/h6-10,13-14,16H,11-12,15H2,1-5H3,(H,23,25). The minimum atomic E-state index is -0.0775. The third kappa shape index (κ3) is 5.55. The Morgan fingerprint density at radius 2 is 1.57 bits per heavy atom. The average Bonchev–Trinajstić information content (AvgIpc) is 2.71. The maximum atomic E-state index is 12.7. The molecule has 0 atom stereocenters.